The highest BCUT2D eigenvalue weighted by Crippen LogP contribution is 2.26. The summed E-state index contributed by atoms with van der Waals surface area (Å²) in [5, 5.41) is 6.91. The maximum absolute atomic E-state index is 12.3. The molecule has 2 heterocycles. The number of hydrogen-bond acceptors (Lipinski definition) is 5. The summed E-state index contributed by atoms with van der Waals surface area (Å²) in [4.78, 5) is 16.7. The molecule has 0 bridgehead atoms. The molecule has 1 aromatic carbocycles. The average molecular weight is 342 g/mol. The number of benzene rings is 1. The number of aromatic nitrogens is 3. The summed E-state index contributed by atoms with van der Waals surface area (Å²) in [6.45, 7) is 5.68. The van der Waals surface area contributed by atoms with Gasteiger partial charge in [-0.3, -0.25) is 14.7 Å². The number of aryl methyl sites for hydroxylation is 2. The standard InChI is InChI=1S/C17H18N4O2S/c1-11-6-4-5-7-14(11)21-9-8-18-17(21)24-13(3)16(22)19-15-10-12(2)20-23-15/h4-10,13H,1-3H3,(H,19,22). The van der Waals surface area contributed by atoms with E-state index in [1.807, 2.05) is 48.9 Å². The first-order valence-corrected chi connectivity index (χ1v) is 8.43. The van der Waals surface area contributed by atoms with Gasteiger partial charge in [0, 0.05) is 18.5 Å². The lowest BCUT2D eigenvalue weighted by molar-refractivity contribution is -0.115. The number of anilines is 1. The Morgan fingerprint density at radius 3 is 2.83 bits per heavy atom. The Morgan fingerprint density at radius 2 is 2.12 bits per heavy atom. The van der Waals surface area contributed by atoms with Crippen LogP contribution in [0.1, 0.15) is 18.2 Å². The topological polar surface area (TPSA) is 73.0 Å². The van der Waals surface area contributed by atoms with Crippen molar-refractivity contribution >= 4 is 23.6 Å². The van der Waals surface area contributed by atoms with Gasteiger partial charge in [-0.2, -0.15) is 0 Å². The van der Waals surface area contributed by atoms with Crippen molar-refractivity contribution in [2.24, 2.45) is 0 Å². The second kappa shape index (κ2) is 6.92. The number of nitrogens with zero attached hydrogens (tertiary/aromatic N) is 3. The highest BCUT2D eigenvalue weighted by atomic mass is 32.2. The van der Waals surface area contributed by atoms with E-state index in [4.69, 9.17) is 4.52 Å². The third-order valence-electron chi connectivity index (χ3n) is 3.51. The van der Waals surface area contributed by atoms with Crippen molar-refractivity contribution in [3.63, 3.8) is 0 Å². The van der Waals surface area contributed by atoms with Gasteiger partial charge in [0.2, 0.25) is 11.8 Å². The van der Waals surface area contributed by atoms with Crippen LogP contribution in [0.5, 0.6) is 0 Å². The lowest BCUT2D eigenvalue weighted by atomic mass is 10.2. The number of carbonyl (C=O) groups excluding carboxylic acids is 1. The van der Waals surface area contributed by atoms with E-state index < -0.39 is 0 Å². The summed E-state index contributed by atoms with van der Waals surface area (Å²) in [5.74, 6) is 0.197. The van der Waals surface area contributed by atoms with E-state index in [0.717, 1.165) is 22.1 Å². The molecule has 0 fully saturated rings. The summed E-state index contributed by atoms with van der Waals surface area (Å²) < 4.78 is 7.01. The normalized spacial score (nSPS) is 12.1. The molecule has 1 N–H and O–H groups in total. The number of carbonyl (C=O) groups is 1. The molecule has 0 spiro atoms. The minimum atomic E-state index is -0.333. The summed E-state index contributed by atoms with van der Waals surface area (Å²) in [7, 11) is 0. The first-order valence-electron chi connectivity index (χ1n) is 7.55. The number of para-hydroxylation sites is 1. The molecule has 6 nitrogen and oxygen atoms in total. The molecule has 1 unspecified atom stereocenters. The van der Waals surface area contributed by atoms with Gasteiger partial charge in [0.1, 0.15) is 0 Å². The molecule has 1 amide bonds. The average Bonchev–Trinajstić information content (AvgIpc) is 3.17. The van der Waals surface area contributed by atoms with Crippen molar-refractivity contribution in [1.82, 2.24) is 14.7 Å². The van der Waals surface area contributed by atoms with Crippen molar-refractivity contribution in [1.29, 1.82) is 0 Å². The SMILES string of the molecule is Cc1cc(NC(=O)C(C)Sc2nccn2-c2ccccc2C)on1. The third-order valence-corrected chi connectivity index (χ3v) is 4.59. The third kappa shape index (κ3) is 3.51. The van der Waals surface area contributed by atoms with E-state index in [0.29, 0.717) is 5.88 Å². The lowest BCUT2D eigenvalue weighted by Crippen LogP contribution is -2.22. The summed E-state index contributed by atoms with van der Waals surface area (Å²) in [6, 6.07) is 9.75. The predicted molar refractivity (Wildman–Crippen MR) is 93.5 cm³/mol. The Labute approximate surface area is 144 Å². The van der Waals surface area contributed by atoms with Crippen molar-refractivity contribution in [3.8, 4) is 5.69 Å². The minimum absolute atomic E-state index is 0.157. The highest BCUT2D eigenvalue weighted by Gasteiger charge is 2.19. The van der Waals surface area contributed by atoms with E-state index in [2.05, 4.69) is 15.5 Å². The fourth-order valence-corrected chi connectivity index (χ4v) is 3.13. The molecule has 0 radical (unpaired) electrons. The van der Waals surface area contributed by atoms with Gasteiger partial charge in [-0.15, -0.1) is 0 Å². The predicted octanol–water partition coefficient (Wildman–Crippen LogP) is 3.60. The van der Waals surface area contributed by atoms with Crippen LogP contribution in [0.3, 0.4) is 0 Å². The van der Waals surface area contributed by atoms with Crippen molar-refractivity contribution in [2.45, 2.75) is 31.2 Å². The van der Waals surface area contributed by atoms with Crippen molar-refractivity contribution in [2.75, 3.05) is 5.32 Å². The summed E-state index contributed by atoms with van der Waals surface area (Å²) in [5.41, 5.74) is 2.92. The maximum atomic E-state index is 12.3. The molecule has 24 heavy (non-hydrogen) atoms. The molecule has 2 aromatic heterocycles. The van der Waals surface area contributed by atoms with Gasteiger partial charge in [0.15, 0.2) is 5.16 Å². The number of hydrogen-bond donors (Lipinski definition) is 1. The molecule has 3 rings (SSSR count). The molecule has 0 saturated heterocycles. The lowest BCUT2D eigenvalue weighted by Gasteiger charge is -2.13. The van der Waals surface area contributed by atoms with Gasteiger partial charge in [0.05, 0.1) is 16.6 Å². The molecule has 124 valence electrons. The van der Waals surface area contributed by atoms with E-state index >= 15 is 0 Å². The fraction of sp³-hybridized carbons (Fsp3) is 0.235. The number of amides is 1. The van der Waals surface area contributed by atoms with Gasteiger partial charge in [0.25, 0.3) is 0 Å². The van der Waals surface area contributed by atoms with Crippen LogP contribution < -0.4 is 5.32 Å². The van der Waals surface area contributed by atoms with Crippen molar-refractivity contribution in [3.05, 3.63) is 54.0 Å². The van der Waals surface area contributed by atoms with E-state index in [9.17, 15) is 4.79 Å². The summed E-state index contributed by atoms with van der Waals surface area (Å²) >= 11 is 1.39. The van der Waals surface area contributed by atoms with Crippen LogP contribution >= 0.6 is 11.8 Å². The van der Waals surface area contributed by atoms with Gasteiger partial charge >= 0.3 is 0 Å². The fourth-order valence-electron chi connectivity index (χ4n) is 2.25. The van der Waals surface area contributed by atoms with E-state index in [1.54, 1.807) is 19.2 Å². The zero-order chi connectivity index (χ0) is 17.1. The van der Waals surface area contributed by atoms with E-state index in [-0.39, 0.29) is 11.2 Å². The molecular formula is C17H18N4O2S. The van der Waals surface area contributed by atoms with E-state index in [1.165, 1.54) is 11.8 Å². The second-order valence-corrected chi connectivity index (χ2v) is 6.76. The first kappa shape index (κ1) is 16.3. The van der Waals surface area contributed by atoms with Gasteiger partial charge in [-0.1, -0.05) is 35.1 Å². The molecule has 7 heteroatoms. The second-order valence-electron chi connectivity index (χ2n) is 5.45. The number of thioether (sulfide) groups is 1. The van der Waals surface area contributed by atoms with Gasteiger partial charge < -0.3 is 4.52 Å². The molecule has 1 atom stereocenters. The van der Waals surface area contributed by atoms with Crippen molar-refractivity contribution < 1.29 is 9.32 Å². The molecular weight excluding hydrogens is 324 g/mol. The van der Waals surface area contributed by atoms with Crippen LogP contribution in [0.2, 0.25) is 0 Å². The monoisotopic (exact) mass is 342 g/mol. The largest absolute Gasteiger partial charge is 0.338 e. The van der Waals surface area contributed by atoms with Crippen LogP contribution in [0.15, 0.2) is 52.4 Å². The van der Waals surface area contributed by atoms with Crippen LogP contribution in [-0.4, -0.2) is 25.9 Å². The molecule has 0 aliphatic heterocycles. The quantitative estimate of drug-likeness (QED) is 0.717. The van der Waals surface area contributed by atoms with Gasteiger partial charge in [-0.05, 0) is 32.4 Å². The first-order chi connectivity index (χ1) is 11.5. The molecule has 0 aliphatic carbocycles. The Kier molecular flexibility index (Phi) is 4.71. The van der Waals surface area contributed by atoms with Crippen LogP contribution in [0.25, 0.3) is 5.69 Å². The Balaban J connectivity index is 1.73. The Bertz CT molecular complexity index is 856. The minimum Gasteiger partial charge on any atom is -0.338 e. The zero-order valence-corrected chi connectivity index (χ0v) is 14.5. The van der Waals surface area contributed by atoms with Gasteiger partial charge in [-0.25, -0.2) is 4.98 Å². The Hall–Kier alpha value is -2.54. The Morgan fingerprint density at radius 1 is 1.33 bits per heavy atom. The number of nitrogens with one attached hydrogen (secondary N) is 1. The number of imidazole rings is 1. The van der Waals surface area contributed by atoms with Crippen LogP contribution in [-0.2, 0) is 4.79 Å². The van der Waals surface area contributed by atoms with Crippen LogP contribution in [0.4, 0.5) is 5.88 Å². The van der Waals surface area contributed by atoms with Crippen LogP contribution in [0, 0.1) is 13.8 Å². The molecule has 0 aliphatic rings. The highest BCUT2D eigenvalue weighted by molar-refractivity contribution is 8.00. The smallest absolute Gasteiger partial charge is 0.240 e. The molecule has 3 aromatic rings. The summed E-state index contributed by atoms with van der Waals surface area (Å²) in [6.07, 6.45) is 3.63. The molecule has 0 saturated carbocycles. The zero-order valence-electron chi connectivity index (χ0n) is 13.7. The maximum Gasteiger partial charge on any atom is 0.240 e. The number of rotatable bonds is 5.